The summed E-state index contributed by atoms with van der Waals surface area (Å²) >= 11 is 1.19. The molecule has 2 aromatic carbocycles. The summed E-state index contributed by atoms with van der Waals surface area (Å²) in [4.78, 5) is 1.07. The van der Waals surface area contributed by atoms with E-state index in [0.29, 0.717) is 27.7 Å². The van der Waals surface area contributed by atoms with Crippen molar-refractivity contribution in [1.29, 1.82) is 0 Å². The Morgan fingerprint density at radius 2 is 1.77 bits per heavy atom. The van der Waals surface area contributed by atoms with E-state index in [9.17, 15) is 8.78 Å². The van der Waals surface area contributed by atoms with Crippen molar-refractivity contribution >= 4 is 23.1 Å². The van der Waals surface area contributed by atoms with Crippen molar-refractivity contribution in [3.8, 4) is 11.3 Å². The SMILES string of the molecule is Cc1nnc2ccc(-c3cc(N)ccc3Sc3ccc(F)cc3F)nn12. The maximum Gasteiger partial charge on any atom is 0.177 e. The lowest BCUT2D eigenvalue weighted by molar-refractivity contribution is 0.565. The molecule has 2 N–H and O–H groups in total. The molecule has 0 bridgehead atoms. The normalized spacial score (nSPS) is 11.2. The molecule has 0 atom stereocenters. The molecule has 0 aliphatic rings. The molecule has 26 heavy (non-hydrogen) atoms. The van der Waals surface area contributed by atoms with Crippen molar-refractivity contribution in [1.82, 2.24) is 19.8 Å². The number of nitrogens with zero attached hydrogens (tertiary/aromatic N) is 4. The van der Waals surface area contributed by atoms with E-state index >= 15 is 0 Å². The second-order valence-corrected chi connectivity index (χ2v) is 6.75. The van der Waals surface area contributed by atoms with E-state index in [-0.39, 0.29) is 0 Å². The minimum atomic E-state index is -0.615. The first-order valence-corrected chi connectivity index (χ1v) is 8.55. The summed E-state index contributed by atoms with van der Waals surface area (Å²) in [6, 6.07) is 12.4. The summed E-state index contributed by atoms with van der Waals surface area (Å²) in [5, 5.41) is 12.6. The Morgan fingerprint density at radius 1 is 0.962 bits per heavy atom. The molecule has 130 valence electrons. The predicted molar refractivity (Wildman–Crippen MR) is 95.8 cm³/mol. The molecule has 0 unspecified atom stereocenters. The first-order valence-electron chi connectivity index (χ1n) is 7.73. The summed E-state index contributed by atoms with van der Waals surface area (Å²) in [5.41, 5.74) is 8.53. The van der Waals surface area contributed by atoms with Crippen molar-refractivity contribution in [2.45, 2.75) is 16.7 Å². The third kappa shape index (κ3) is 2.99. The van der Waals surface area contributed by atoms with Crippen LogP contribution in [-0.4, -0.2) is 19.8 Å². The Morgan fingerprint density at radius 3 is 2.58 bits per heavy atom. The second-order valence-electron chi connectivity index (χ2n) is 5.67. The number of aryl methyl sites for hydroxylation is 1. The standard InChI is InChI=1S/C18H13F2N5S/c1-10-22-23-18-7-4-15(24-25(10)18)13-9-12(21)3-6-16(13)26-17-5-2-11(19)8-14(17)20/h2-9H,21H2,1H3. The highest BCUT2D eigenvalue weighted by Crippen LogP contribution is 2.37. The Balaban J connectivity index is 1.82. The molecule has 0 spiro atoms. The summed E-state index contributed by atoms with van der Waals surface area (Å²) in [5.74, 6) is -0.569. The van der Waals surface area contributed by atoms with Gasteiger partial charge in [0.2, 0.25) is 0 Å². The average molecular weight is 369 g/mol. The third-order valence-corrected chi connectivity index (χ3v) is 4.94. The zero-order chi connectivity index (χ0) is 18.3. The number of hydrogen-bond donors (Lipinski definition) is 1. The molecule has 5 nitrogen and oxygen atoms in total. The molecule has 0 radical (unpaired) electrons. The molecular formula is C18H13F2N5S. The van der Waals surface area contributed by atoms with Crippen LogP contribution >= 0.6 is 11.8 Å². The van der Waals surface area contributed by atoms with Gasteiger partial charge in [-0.1, -0.05) is 11.8 Å². The van der Waals surface area contributed by atoms with Crippen LogP contribution in [0.15, 0.2) is 58.3 Å². The predicted octanol–water partition coefficient (Wildman–Crippen LogP) is 4.11. The highest BCUT2D eigenvalue weighted by Gasteiger charge is 2.13. The van der Waals surface area contributed by atoms with E-state index in [1.54, 1.807) is 35.7 Å². The van der Waals surface area contributed by atoms with Crippen LogP contribution in [0.4, 0.5) is 14.5 Å². The first kappa shape index (κ1) is 16.5. The summed E-state index contributed by atoms with van der Waals surface area (Å²) < 4.78 is 28.8. The molecule has 2 aromatic heterocycles. The van der Waals surface area contributed by atoms with Gasteiger partial charge in [0.1, 0.15) is 11.6 Å². The number of fused-ring (bicyclic) bond motifs is 1. The van der Waals surface area contributed by atoms with Crippen LogP contribution < -0.4 is 5.73 Å². The van der Waals surface area contributed by atoms with Gasteiger partial charge in [0.25, 0.3) is 0 Å². The van der Waals surface area contributed by atoms with E-state index in [2.05, 4.69) is 15.3 Å². The van der Waals surface area contributed by atoms with Crippen LogP contribution in [0.25, 0.3) is 16.9 Å². The van der Waals surface area contributed by atoms with Gasteiger partial charge in [-0.2, -0.15) is 9.61 Å². The number of halogens is 2. The summed E-state index contributed by atoms with van der Waals surface area (Å²) in [6.45, 7) is 1.81. The van der Waals surface area contributed by atoms with Crippen LogP contribution in [0.3, 0.4) is 0 Å². The minimum Gasteiger partial charge on any atom is -0.399 e. The van der Waals surface area contributed by atoms with Crippen LogP contribution in [0.1, 0.15) is 5.82 Å². The minimum absolute atomic E-state index is 0.318. The van der Waals surface area contributed by atoms with Gasteiger partial charge < -0.3 is 5.73 Å². The number of anilines is 1. The van der Waals surface area contributed by atoms with Crippen LogP contribution in [0, 0.1) is 18.6 Å². The average Bonchev–Trinajstić information content (AvgIpc) is 2.99. The lowest BCUT2D eigenvalue weighted by Gasteiger charge is -2.11. The smallest absolute Gasteiger partial charge is 0.177 e. The van der Waals surface area contributed by atoms with E-state index < -0.39 is 11.6 Å². The molecule has 0 aliphatic heterocycles. The Kier molecular flexibility index (Phi) is 4.04. The van der Waals surface area contributed by atoms with Gasteiger partial charge in [-0.3, -0.25) is 0 Å². The fourth-order valence-corrected chi connectivity index (χ4v) is 3.49. The molecular weight excluding hydrogens is 356 g/mol. The molecule has 4 rings (SSSR count). The molecule has 0 amide bonds. The van der Waals surface area contributed by atoms with Gasteiger partial charge in [-0.15, -0.1) is 10.2 Å². The molecule has 0 saturated heterocycles. The largest absolute Gasteiger partial charge is 0.399 e. The van der Waals surface area contributed by atoms with Gasteiger partial charge in [-0.25, -0.2) is 8.78 Å². The van der Waals surface area contributed by atoms with Gasteiger partial charge >= 0.3 is 0 Å². The molecule has 0 saturated carbocycles. The quantitative estimate of drug-likeness (QED) is 0.551. The highest BCUT2D eigenvalue weighted by atomic mass is 32.2. The van der Waals surface area contributed by atoms with E-state index in [0.717, 1.165) is 16.5 Å². The first-order chi connectivity index (χ1) is 12.5. The fraction of sp³-hybridized carbons (Fsp3) is 0.0556. The number of nitrogens with two attached hydrogens (primary N) is 1. The topological polar surface area (TPSA) is 69.1 Å². The molecule has 2 heterocycles. The highest BCUT2D eigenvalue weighted by molar-refractivity contribution is 7.99. The maximum absolute atomic E-state index is 14.0. The van der Waals surface area contributed by atoms with Gasteiger partial charge in [0, 0.05) is 27.1 Å². The van der Waals surface area contributed by atoms with Crippen molar-refractivity contribution in [2.24, 2.45) is 0 Å². The molecule has 0 aliphatic carbocycles. The van der Waals surface area contributed by atoms with Gasteiger partial charge in [0.05, 0.1) is 5.69 Å². The van der Waals surface area contributed by atoms with Crippen LogP contribution in [0.5, 0.6) is 0 Å². The molecule has 4 aromatic rings. The van der Waals surface area contributed by atoms with Crippen molar-refractivity contribution in [3.63, 3.8) is 0 Å². The lowest BCUT2D eigenvalue weighted by Crippen LogP contribution is -1.98. The zero-order valence-electron chi connectivity index (χ0n) is 13.6. The van der Waals surface area contributed by atoms with Crippen molar-refractivity contribution < 1.29 is 8.78 Å². The van der Waals surface area contributed by atoms with Crippen molar-refractivity contribution in [2.75, 3.05) is 5.73 Å². The third-order valence-electron chi connectivity index (χ3n) is 3.81. The number of benzene rings is 2. The maximum atomic E-state index is 14.0. The molecule has 8 heteroatoms. The van der Waals surface area contributed by atoms with E-state index in [4.69, 9.17) is 5.73 Å². The second kappa shape index (κ2) is 6.38. The van der Waals surface area contributed by atoms with Crippen LogP contribution in [-0.2, 0) is 0 Å². The number of aromatic nitrogens is 4. The number of rotatable bonds is 3. The van der Waals surface area contributed by atoms with Crippen LogP contribution in [0.2, 0.25) is 0 Å². The monoisotopic (exact) mass is 369 g/mol. The zero-order valence-corrected chi connectivity index (χ0v) is 14.5. The summed E-state index contributed by atoms with van der Waals surface area (Å²) in [6.07, 6.45) is 0. The number of hydrogen-bond acceptors (Lipinski definition) is 5. The van der Waals surface area contributed by atoms with E-state index in [1.807, 2.05) is 6.07 Å². The summed E-state index contributed by atoms with van der Waals surface area (Å²) in [7, 11) is 0. The van der Waals surface area contributed by atoms with Gasteiger partial charge in [-0.05, 0) is 49.4 Å². The Hall–Kier alpha value is -3.00. The van der Waals surface area contributed by atoms with Gasteiger partial charge in [0.15, 0.2) is 11.5 Å². The Labute approximate surface area is 151 Å². The number of nitrogen functional groups attached to an aromatic ring is 1. The van der Waals surface area contributed by atoms with Crippen molar-refractivity contribution in [3.05, 3.63) is 66.0 Å². The molecule has 0 fully saturated rings. The van der Waals surface area contributed by atoms with E-state index in [1.165, 1.54) is 23.9 Å². The lowest BCUT2D eigenvalue weighted by atomic mass is 10.1. The fourth-order valence-electron chi connectivity index (χ4n) is 2.55. The Bertz CT molecular complexity index is 1130.